The van der Waals surface area contributed by atoms with Gasteiger partial charge in [0.25, 0.3) is 5.91 Å². The normalized spacial score (nSPS) is 13.9. The summed E-state index contributed by atoms with van der Waals surface area (Å²) in [5, 5.41) is 5.95. The molecule has 0 saturated carbocycles. The number of likely N-dealkylation sites (N-methyl/N-ethyl adjacent to an activating group) is 1. The van der Waals surface area contributed by atoms with E-state index in [1.807, 2.05) is 37.3 Å². The van der Waals surface area contributed by atoms with E-state index >= 15 is 0 Å². The zero-order valence-electron chi connectivity index (χ0n) is 17.8. The van der Waals surface area contributed by atoms with Gasteiger partial charge < -0.3 is 15.5 Å². The molecule has 1 unspecified atom stereocenters. The fourth-order valence-electron chi connectivity index (χ4n) is 3.85. The molecule has 29 heavy (non-hydrogen) atoms. The highest BCUT2D eigenvalue weighted by molar-refractivity contribution is 6.02. The van der Waals surface area contributed by atoms with Crippen LogP contribution in [0, 0.1) is 12.8 Å². The van der Waals surface area contributed by atoms with Crippen LogP contribution in [-0.2, 0) is 11.2 Å². The van der Waals surface area contributed by atoms with E-state index in [1.54, 1.807) is 6.07 Å². The number of carbonyl (C=O) groups is 2. The molecule has 2 amide bonds. The van der Waals surface area contributed by atoms with Gasteiger partial charge in [-0.3, -0.25) is 9.59 Å². The second-order valence-corrected chi connectivity index (χ2v) is 8.13. The van der Waals surface area contributed by atoms with Crippen LogP contribution in [0.2, 0.25) is 0 Å². The largest absolute Gasteiger partial charge is 0.371 e. The van der Waals surface area contributed by atoms with Crippen molar-refractivity contribution in [3.8, 4) is 0 Å². The predicted molar refractivity (Wildman–Crippen MR) is 119 cm³/mol. The summed E-state index contributed by atoms with van der Waals surface area (Å²) in [4.78, 5) is 28.1. The summed E-state index contributed by atoms with van der Waals surface area (Å²) in [5.41, 5.74) is 4.77. The Morgan fingerprint density at radius 1 is 1.14 bits per heavy atom. The lowest BCUT2D eigenvalue weighted by Crippen LogP contribution is -2.44. The number of hydrogen-bond donors (Lipinski definition) is 2. The zero-order valence-corrected chi connectivity index (χ0v) is 17.8. The quantitative estimate of drug-likeness (QED) is 0.742. The molecule has 154 valence electrons. The third-order valence-electron chi connectivity index (χ3n) is 5.44. The minimum absolute atomic E-state index is 0.179. The van der Waals surface area contributed by atoms with Crippen LogP contribution in [0.15, 0.2) is 42.5 Å². The third-order valence-corrected chi connectivity index (χ3v) is 5.44. The minimum Gasteiger partial charge on any atom is -0.371 e. The lowest BCUT2D eigenvalue weighted by atomic mass is 10.0. The summed E-state index contributed by atoms with van der Waals surface area (Å²) in [6.45, 7) is 10.1. The number of carbonyl (C=O) groups excluding carboxylic acids is 2. The zero-order chi connectivity index (χ0) is 21.0. The number of aryl methyl sites for hydroxylation is 1. The van der Waals surface area contributed by atoms with Gasteiger partial charge in [0.15, 0.2) is 0 Å². The van der Waals surface area contributed by atoms with Gasteiger partial charge in [-0.2, -0.15) is 0 Å². The fourth-order valence-corrected chi connectivity index (χ4v) is 3.85. The van der Waals surface area contributed by atoms with E-state index in [-0.39, 0.29) is 17.7 Å². The third kappa shape index (κ3) is 4.97. The lowest BCUT2D eigenvalue weighted by Gasteiger charge is -2.22. The Hall–Kier alpha value is -2.82. The van der Waals surface area contributed by atoms with E-state index in [0.29, 0.717) is 12.0 Å². The van der Waals surface area contributed by atoms with E-state index in [9.17, 15) is 9.59 Å². The van der Waals surface area contributed by atoms with Crippen molar-refractivity contribution in [1.29, 1.82) is 0 Å². The number of anilines is 2. The molecule has 0 spiro atoms. The van der Waals surface area contributed by atoms with E-state index in [2.05, 4.69) is 42.4 Å². The van der Waals surface area contributed by atoms with E-state index in [1.165, 1.54) is 11.3 Å². The molecule has 1 aliphatic heterocycles. The summed E-state index contributed by atoms with van der Waals surface area (Å²) in [5.74, 6) is -0.116. The molecule has 3 rings (SSSR count). The van der Waals surface area contributed by atoms with Crippen molar-refractivity contribution in [3.63, 3.8) is 0 Å². The van der Waals surface area contributed by atoms with Gasteiger partial charge in [-0.1, -0.05) is 38.1 Å². The molecular weight excluding hydrogens is 362 g/mol. The Balaban J connectivity index is 1.74. The predicted octanol–water partition coefficient (Wildman–Crippen LogP) is 4.16. The molecule has 0 saturated heterocycles. The van der Waals surface area contributed by atoms with Crippen LogP contribution >= 0.6 is 0 Å². The van der Waals surface area contributed by atoms with Crippen molar-refractivity contribution in [3.05, 3.63) is 59.2 Å². The van der Waals surface area contributed by atoms with Crippen molar-refractivity contribution in [2.75, 3.05) is 23.3 Å². The van der Waals surface area contributed by atoms with Crippen molar-refractivity contribution in [1.82, 2.24) is 5.32 Å². The number of rotatable bonds is 7. The maximum Gasteiger partial charge on any atom is 0.252 e. The first-order chi connectivity index (χ1) is 13.9. The van der Waals surface area contributed by atoms with E-state index < -0.39 is 6.04 Å². The van der Waals surface area contributed by atoms with Crippen molar-refractivity contribution < 1.29 is 9.59 Å². The fraction of sp³-hybridized carbons (Fsp3) is 0.417. The number of benzene rings is 2. The highest BCUT2D eigenvalue weighted by Gasteiger charge is 2.24. The molecule has 1 heterocycles. The van der Waals surface area contributed by atoms with Crippen molar-refractivity contribution in [2.24, 2.45) is 5.92 Å². The lowest BCUT2D eigenvalue weighted by molar-refractivity contribution is -0.118. The highest BCUT2D eigenvalue weighted by Crippen LogP contribution is 2.30. The van der Waals surface area contributed by atoms with Crippen LogP contribution < -0.4 is 15.5 Å². The summed E-state index contributed by atoms with van der Waals surface area (Å²) in [6, 6.07) is 12.9. The molecule has 2 aromatic rings. The standard InChI is InChI=1S/C24H31N3O2/c1-5-27-13-12-18-10-11-19(15-22(18)27)25-24(29)21(14-16(2)3)26-23(28)20-9-7-6-8-17(20)4/h6-11,15-16,21H,5,12-14H2,1-4H3,(H,25,29)(H,26,28). The monoisotopic (exact) mass is 393 g/mol. The molecule has 2 N–H and O–H groups in total. The summed E-state index contributed by atoms with van der Waals surface area (Å²) in [7, 11) is 0. The van der Waals surface area contributed by atoms with Gasteiger partial charge in [-0.25, -0.2) is 0 Å². The van der Waals surface area contributed by atoms with Gasteiger partial charge in [0.05, 0.1) is 0 Å². The molecule has 0 fully saturated rings. The van der Waals surface area contributed by atoms with Gasteiger partial charge in [-0.15, -0.1) is 0 Å². The average Bonchev–Trinajstić information content (AvgIpc) is 3.09. The van der Waals surface area contributed by atoms with Crippen LogP contribution in [0.3, 0.4) is 0 Å². The van der Waals surface area contributed by atoms with E-state index in [0.717, 1.165) is 30.8 Å². The molecule has 0 aliphatic carbocycles. The Bertz CT molecular complexity index is 891. The first-order valence-electron chi connectivity index (χ1n) is 10.4. The molecule has 0 aromatic heterocycles. The SMILES string of the molecule is CCN1CCc2ccc(NC(=O)C(CC(C)C)NC(=O)c3ccccc3C)cc21. The maximum absolute atomic E-state index is 13.0. The first-order valence-corrected chi connectivity index (χ1v) is 10.4. The molecule has 0 bridgehead atoms. The second-order valence-electron chi connectivity index (χ2n) is 8.13. The Morgan fingerprint density at radius 2 is 1.90 bits per heavy atom. The Morgan fingerprint density at radius 3 is 2.59 bits per heavy atom. The maximum atomic E-state index is 13.0. The number of fused-ring (bicyclic) bond motifs is 1. The van der Waals surface area contributed by atoms with Crippen molar-refractivity contribution in [2.45, 2.75) is 46.6 Å². The van der Waals surface area contributed by atoms with Gasteiger partial charge in [0, 0.05) is 30.0 Å². The van der Waals surface area contributed by atoms with Gasteiger partial charge in [0.1, 0.15) is 6.04 Å². The molecular formula is C24H31N3O2. The number of nitrogens with one attached hydrogen (secondary N) is 2. The van der Waals surface area contributed by atoms with Crippen molar-refractivity contribution >= 4 is 23.2 Å². The molecule has 5 nitrogen and oxygen atoms in total. The summed E-state index contributed by atoms with van der Waals surface area (Å²) in [6.07, 6.45) is 1.62. The molecule has 1 atom stereocenters. The summed E-state index contributed by atoms with van der Waals surface area (Å²) < 4.78 is 0. The Labute approximate surface area is 173 Å². The topological polar surface area (TPSA) is 61.4 Å². The molecule has 1 aliphatic rings. The average molecular weight is 394 g/mol. The number of hydrogen-bond acceptors (Lipinski definition) is 3. The van der Waals surface area contributed by atoms with Crippen LogP contribution in [0.5, 0.6) is 0 Å². The molecule has 2 aromatic carbocycles. The first kappa shape index (κ1) is 20.9. The second kappa shape index (κ2) is 9.12. The summed E-state index contributed by atoms with van der Waals surface area (Å²) >= 11 is 0. The van der Waals surface area contributed by atoms with Crippen LogP contribution in [0.25, 0.3) is 0 Å². The highest BCUT2D eigenvalue weighted by atomic mass is 16.2. The van der Waals surface area contributed by atoms with Gasteiger partial charge in [0.2, 0.25) is 5.91 Å². The van der Waals surface area contributed by atoms with E-state index in [4.69, 9.17) is 0 Å². The minimum atomic E-state index is -0.586. The molecule has 5 heteroatoms. The van der Waals surface area contributed by atoms with Crippen LogP contribution in [0.4, 0.5) is 11.4 Å². The van der Waals surface area contributed by atoms with Crippen LogP contribution in [0.1, 0.15) is 48.7 Å². The number of amides is 2. The molecule has 0 radical (unpaired) electrons. The number of nitrogens with zero attached hydrogens (tertiary/aromatic N) is 1. The van der Waals surface area contributed by atoms with Crippen LogP contribution in [-0.4, -0.2) is 30.9 Å². The van der Waals surface area contributed by atoms with Gasteiger partial charge >= 0.3 is 0 Å². The Kier molecular flexibility index (Phi) is 6.57. The van der Waals surface area contributed by atoms with Gasteiger partial charge in [-0.05, 0) is 61.9 Å². The smallest absolute Gasteiger partial charge is 0.252 e.